The van der Waals surface area contributed by atoms with Gasteiger partial charge in [-0.1, -0.05) is 20.8 Å². The fourth-order valence-corrected chi connectivity index (χ4v) is 2.83. The lowest BCUT2D eigenvalue weighted by Gasteiger charge is -2.34. The van der Waals surface area contributed by atoms with Gasteiger partial charge in [-0.3, -0.25) is 0 Å². The van der Waals surface area contributed by atoms with Crippen molar-refractivity contribution in [3.05, 3.63) is 35.4 Å². The van der Waals surface area contributed by atoms with Crippen LogP contribution in [-0.2, 0) is 5.41 Å². The average Bonchev–Trinajstić information content (AvgIpc) is 2.59. The van der Waals surface area contributed by atoms with Gasteiger partial charge in [0, 0.05) is 22.9 Å². The largest absolute Gasteiger partial charge is 0.246 e. The van der Waals surface area contributed by atoms with E-state index < -0.39 is 6.17 Å². The molecule has 0 aromatic carbocycles. The number of alkyl halides is 1. The van der Waals surface area contributed by atoms with Crippen molar-refractivity contribution in [1.82, 2.24) is 9.78 Å². The van der Waals surface area contributed by atoms with E-state index >= 15 is 0 Å². The van der Waals surface area contributed by atoms with E-state index in [0.717, 1.165) is 11.4 Å². The molecule has 0 spiro atoms. The molecule has 4 rings (SSSR count). The van der Waals surface area contributed by atoms with E-state index in [1.54, 1.807) is 10.8 Å². The molecule has 0 radical (unpaired) electrons. The van der Waals surface area contributed by atoms with Crippen LogP contribution in [0, 0.1) is 18.8 Å². The molecule has 1 fully saturated rings. The minimum absolute atomic E-state index is 0.0910. The summed E-state index contributed by atoms with van der Waals surface area (Å²) in [7, 11) is 0. The molecule has 3 aliphatic carbocycles. The van der Waals surface area contributed by atoms with Gasteiger partial charge in [0.1, 0.15) is 12.0 Å². The zero-order valence-corrected chi connectivity index (χ0v) is 12.3. The molecule has 2 bridgehead atoms. The van der Waals surface area contributed by atoms with Crippen molar-refractivity contribution in [2.45, 2.75) is 45.7 Å². The second-order valence-electron chi connectivity index (χ2n) is 6.91. The van der Waals surface area contributed by atoms with E-state index in [1.165, 1.54) is 6.08 Å². The van der Waals surface area contributed by atoms with Crippen LogP contribution in [0.3, 0.4) is 0 Å². The number of allylic oxidation sites excluding steroid dienone is 4. The number of rotatable bonds is 1. The van der Waals surface area contributed by atoms with E-state index in [4.69, 9.17) is 0 Å². The predicted molar refractivity (Wildman–Crippen MR) is 75.6 cm³/mol. The lowest BCUT2D eigenvalue weighted by Crippen LogP contribution is -2.35. The Bertz CT molecular complexity index is 604. The number of fused-ring (bicyclic) bond motifs is 1. The number of aryl methyl sites for hydroxylation is 1. The fourth-order valence-electron chi connectivity index (χ4n) is 2.83. The Morgan fingerprint density at radius 3 is 2.45 bits per heavy atom. The third-order valence-electron chi connectivity index (χ3n) is 4.22. The van der Waals surface area contributed by atoms with Gasteiger partial charge in [0.05, 0.1) is 11.4 Å². The molecule has 3 aliphatic rings. The Kier molecular flexibility index (Phi) is 2.89. The Balaban J connectivity index is 2.05. The van der Waals surface area contributed by atoms with E-state index in [9.17, 15) is 8.78 Å². The molecule has 1 aromatic heterocycles. The first kappa shape index (κ1) is 13.5. The van der Waals surface area contributed by atoms with Gasteiger partial charge in [-0.15, -0.1) is 0 Å². The second-order valence-corrected chi connectivity index (χ2v) is 6.91. The zero-order chi connectivity index (χ0) is 14.7. The lowest BCUT2D eigenvalue weighted by atomic mass is 9.74. The highest BCUT2D eigenvalue weighted by Crippen LogP contribution is 2.45. The summed E-state index contributed by atoms with van der Waals surface area (Å²) >= 11 is 0. The number of aromatic nitrogens is 2. The van der Waals surface area contributed by atoms with Crippen molar-refractivity contribution in [1.29, 1.82) is 0 Å². The summed E-state index contributed by atoms with van der Waals surface area (Å²) in [5, 5.41) is 4.52. The SMILES string of the molecule is Cc1cc(C(C)(C)C)nn1C1=CC2CC(C=C1F)C2F. The molecule has 1 heterocycles. The van der Waals surface area contributed by atoms with Gasteiger partial charge in [-0.05, 0) is 31.6 Å². The van der Waals surface area contributed by atoms with Gasteiger partial charge in [0.2, 0.25) is 0 Å². The van der Waals surface area contributed by atoms with Crippen LogP contribution in [0.5, 0.6) is 0 Å². The van der Waals surface area contributed by atoms with Crippen molar-refractivity contribution < 1.29 is 8.78 Å². The van der Waals surface area contributed by atoms with Crippen molar-refractivity contribution >= 4 is 5.70 Å². The summed E-state index contributed by atoms with van der Waals surface area (Å²) in [6.45, 7) is 8.11. The molecule has 0 saturated heterocycles. The van der Waals surface area contributed by atoms with Crippen molar-refractivity contribution in [3.63, 3.8) is 0 Å². The molecule has 3 unspecified atom stereocenters. The summed E-state index contributed by atoms with van der Waals surface area (Å²) in [5.74, 6) is -0.808. The maximum absolute atomic E-state index is 14.3. The summed E-state index contributed by atoms with van der Waals surface area (Å²) in [4.78, 5) is 0. The second kappa shape index (κ2) is 4.27. The van der Waals surface area contributed by atoms with Gasteiger partial charge < -0.3 is 0 Å². The van der Waals surface area contributed by atoms with E-state index in [-0.39, 0.29) is 23.1 Å². The zero-order valence-electron chi connectivity index (χ0n) is 12.3. The summed E-state index contributed by atoms with van der Waals surface area (Å²) in [5.41, 5.74) is 2.09. The van der Waals surface area contributed by atoms with Gasteiger partial charge in [-0.25, -0.2) is 13.5 Å². The maximum Gasteiger partial charge on any atom is 0.144 e. The Morgan fingerprint density at radius 2 is 1.90 bits per heavy atom. The summed E-state index contributed by atoms with van der Waals surface area (Å²) in [6.07, 6.45) is 2.87. The van der Waals surface area contributed by atoms with Crippen LogP contribution >= 0.6 is 0 Å². The standard InChI is InChI=1S/C16H20F2N2/c1-9-5-14(16(2,3)4)19-20(9)13-8-11-6-10(15(11)18)7-12(13)17/h5,7-8,10-11,15H,6H2,1-4H3. The van der Waals surface area contributed by atoms with Gasteiger partial charge >= 0.3 is 0 Å². The van der Waals surface area contributed by atoms with Crippen molar-refractivity contribution in [2.24, 2.45) is 11.8 Å². The first-order chi connectivity index (χ1) is 9.27. The highest BCUT2D eigenvalue weighted by molar-refractivity contribution is 5.64. The average molecular weight is 278 g/mol. The van der Waals surface area contributed by atoms with Gasteiger partial charge in [0.15, 0.2) is 0 Å². The molecule has 1 aromatic rings. The molecule has 20 heavy (non-hydrogen) atoms. The number of nitrogens with zero attached hydrogens (tertiary/aromatic N) is 2. The highest BCUT2D eigenvalue weighted by atomic mass is 19.1. The van der Waals surface area contributed by atoms with Crippen LogP contribution in [0.1, 0.15) is 38.6 Å². The Morgan fingerprint density at radius 1 is 1.25 bits per heavy atom. The quantitative estimate of drug-likeness (QED) is 0.754. The summed E-state index contributed by atoms with van der Waals surface area (Å²) in [6, 6.07) is 1.97. The molecule has 0 N–H and O–H groups in total. The van der Waals surface area contributed by atoms with E-state index in [2.05, 4.69) is 25.9 Å². The van der Waals surface area contributed by atoms with Gasteiger partial charge in [-0.2, -0.15) is 5.10 Å². The van der Waals surface area contributed by atoms with Gasteiger partial charge in [0.25, 0.3) is 0 Å². The monoisotopic (exact) mass is 278 g/mol. The molecular formula is C16H20F2N2. The third-order valence-corrected chi connectivity index (χ3v) is 4.22. The first-order valence-corrected chi connectivity index (χ1v) is 7.08. The first-order valence-electron chi connectivity index (χ1n) is 7.08. The molecule has 3 atom stereocenters. The van der Waals surface area contributed by atoms with Crippen LogP contribution in [0.2, 0.25) is 0 Å². The minimum Gasteiger partial charge on any atom is -0.246 e. The third kappa shape index (κ3) is 2.02. The number of hydrogen-bond donors (Lipinski definition) is 0. The Labute approximate surface area is 118 Å². The smallest absolute Gasteiger partial charge is 0.144 e. The molecule has 4 heteroatoms. The lowest BCUT2D eigenvalue weighted by molar-refractivity contribution is 0.0928. The molecule has 0 aliphatic heterocycles. The van der Waals surface area contributed by atoms with Crippen molar-refractivity contribution in [2.75, 3.05) is 0 Å². The predicted octanol–water partition coefficient (Wildman–Crippen LogP) is 4.17. The van der Waals surface area contributed by atoms with Crippen LogP contribution in [0.25, 0.3) is 5.70 Å². The fraction of sp³-hybridized carbons (Fsp3) is 0.562. The molecule has 1 saturated carbocycles. The van der Waals surface area contributed by atoms with Crippen LogP contribution in [0.15, 0.2) is 24.0 Å². The summed E-state index contributed by atoms with van der Waals surface area (Å²) < 4.78 is 29.7. The van der Waals surface area contributed by atoms with Crippen LogP contribution < -0.4 is 0 Å². The van der Waals surface area contributed by atoms with Crippen LogP contribution in [0.4, 0.5) is 8.78 Å². The topological polar surface area (TPSA) is 17.8 Å². The van der Waals surface area contributed by atoms with Crippen molar-refractivity contribution in [3.8, 4) is 0 Å². The molecular weight excluding hydrogens is 258 g/mol. The van der Waals surface area contributed by atoms with Crippen LogP contribution in [-0.4, -0.2) is 16.0 Å². The molecule has 108 valence electrons. The molecule has 2 nitrogen and oxygen atoms in total. The number of halogens is 2. The van der Waals surface area contributed by atoms with E-state index in [0.29, 0.717) is 12.1 Å². The van der Waals surface area contributed by atoms with E-state index in [1.807, 2.05) is 13.0 Å². The highest BCUT2D eigenvalue weighted by Gasteiger charge is 2.42. The minimum atomic E-state index is -0.948. The number of hydrogen-bond acceptors (Lipinski definition) is 1. The Hall–Kier alpha value is -1.45. The normalized spacial score (nSPS) is 29.4. The molecule has 0 amide bonds. The maximum atomic E-state index is 14.3.